The third-order valence-electron chi connectivity index (χ3n) is 2.31. The minimum Gasteiger partial charge on any atom is -0.480 e. The molecule has 20 heavy (non-hydrogen) atoms. The van der Waals surface area contributed by atoms with E-state index in [4.69, 9.17) is 5.11 Å². The molecule has 0 aliphatic carbocycles. The van der Waals surface area contributed by atoms with Gasteiger partial charge in [0, 0.05) is 0 Å². The fourth-order valence-corrected chi connectivity index (χ4v) is 2.56. The molecule has 0 fully saturated rings. The largest absolute Gasteiger partial charge is 0.480 e. The molecule has 0 heterocycles. The lowest BCUT2D eigenvalue weighted by Crippen LogP contribution is -2.38. The average Bonchev–Trinajstić information content (AvgIpc) is 2.36. The summed E-state index contributed by atoms with van der Waals surface area (Å²) in [6, 6.07) is 0.977. The van der Waals surface area contributed by atoms with Crippen LogP contribution in [0.1, 0.15) is 17.3 Å². The number of carbonyl (C=O) groups is 2. The SMILES string of the molecule is COC(=O)c1cc(F)cc(S(=O)(=O)N[C@@H](C)C(=O)O)c1. The van der Waals surface area contributed by atoms with E-state index in [1.807, 2.05) is 4.72 Å². The Balaban J connectivity index is 3.22. The number of nitrogens with one attached hydrogen (secondary N) is 1. The molecule has 9 heteroatoms. The Hall–Kier alpha value is -2.00. The van der Waals surface area contributed by atoms with Gasteiger partial charge in [-0.25, -0.2) is 17.6 Å². The first-order chi connectivity index (χ1) is 9.17. The maximum Gasteiger partial charge on any atom is 0.337 e. The normalized spacial score (nSPS) is 12.8. The highest BCUT2D eigenvalue weighted by Gasteiger charge is 2.23. The van der Waals surface area contributed by atoms with Gasteiger partial charge in [-0.05, 0) is 25.1 Å². The van der Waals surface area contributed by atoms with Crippen LogP contribution in [0.4, 0.5) is 4.39 Å². The van der Waals surface area contributed by atoms with Gasteiger partial charge in [-0.1, -0.05) is 0 Å². The second kappa shape index (κ2) is 5.97. The number of hydrogen-bond donors (Lipinski definition) is 2. The molecule has 0 radical (unpaired) electrons. The minimum absolute atomic E-state index is 0.296. The number of halogens is 1. The Kier molecular flexibility index (Phi) is 4.79. The number of esters is 1. The van der Waals surface area contributed by atoms with Gasteiger partial charge in [0.2, 0.25) is 10.0 Å². The molecule has 1 aromatic rings. The van der Waals surface area contributed by atoms with Gasteiger partial charge in [-0.3, -0.25) is 4.79 Å². The van der Waals surface area contributed by atoms with Crippen LogP contribution in [0.2, 0.25) is 0 Å². The van der Waals surface area contributed by atoms with Crippen LogP contribution in [-0.2, 0) is 19.6 Å². The summed E-state index contributed by atoms with van der Waals surface area (Å²) in [7, 11) is -3.21. The molecule has 0 aromatic heterocycles. The predicted molar refractivity (Wildman–Crippen MR) is 65.2 cm³/mol. The van der Waals surface area contributed by atoms with E-state index in [1.54, 1.807) is 0 Å². The number of sulfonamides is 1. The first-order valence-corrected chi connectivity index (χ1v) is 6.79. The number of carbonyl (C=O) groups excluding carboxylic acids is 1. The topological polar surface area (TPSA) is 110 Å². The van der Waals surface area contributed by atoms with E-state index in [1.165, 1.54) is 0 Å². The van der Waals surface area contributed by atoms with Gasteiger partial charge in [0.05, 0.1) is 17.6 Å². The predicted octanol–water partition coefficient (Wildman–Crippen LogP) is 0.364. The zero-order valence-corrected chi connectivity index (χ0v) is 11.4. The lowest BCUT2D eigenvalue weighted by molar-refractivity contribution is -0.138. The van der Waals surface area contributed by atoms with E-state index in [0.717, 1.165) is 26.2 Å². The van der Waals surface area contributed by atoms with E-state index in [-0.39, 0.29) is 5.56 Å². The zero-order chi connectivity index (χ0) is 15.5. The van der Waals surface area contributed by atoms with Gasteiger partial charge < -0.3 is 9.84 Å². The van der Waals surface area contributed by atoms with Gasteiger partial charge in [0.25, 0.3) is 0 Å². The first kappa shape index (κ1) is 16.1. The summed E-state index contributed by atoms with van der Waals surface area (Å²) in [5.41, 5.74) is -0.296. The van der Waals surface area contributed by atoms with Crippen molar-refractivity contribution in [3.05, 3.63) is 29.6 Å². The number of aliphatic carboxylic acids is 1. The molecule has 1 rings (SSSR count). The molecular formula is C11H12FNO6S. The maximum absolute atomic E-state index is 13.3. The van der Waals surface area contributed by atoms with E-state index < -0.39 is 38.7 Å². The van der Waals surface area contributed by atoms with Crippen LogP contribution in [0.15, 0.2) is 23.1 Å². The van der Waals surface area contributed by atoms with Crippen LogP contribution in [-0.4, -0.2) is 38.6 Å². The minimum atomic E-state index is -4.27. The fourth-order valence-electron chi connectivity index (χ4n) is 1.30. The van der Waals surface area contributed by atoms with E-state index in [0.29, 0.717) is 6.07 Å². The highest BCUT2D eigenvalue weighted by molar-refractivity contribution is 7.89. The van der Waals surface area contributed by atoms with Crippen molar-refractivity contribution in [2.24, 2.45) is 0 Å². The van der Waals surface area contributed by atoms with Gasteiger partial charge in [0.1, 0.15) is 11.9 Å². The second-order valence-corrected chi connectivity index (χ2v) is 5.56. The first-order valence-electron chi connectivity index (χ1n) is 5.31. The maximum atomic E-state index is 13.3. The lowest BCUT2D eigenvalue weighted by Gasteiger charge is -2.11. The van der Waals surface area contributed by atoms with Gasteiger partial charge in [-0.2, -0.15) is 4.72 Å². The number of ether oxygens (including phenoxy) is 1. The van der Waals surface area contributed by atoms with E-state index in [9.17, 15) is 22.4 Å². The molecule has 0 unspecified atom stereocenters. The van der Waals surface area contributed by atoms with Crippen LogP contribution in [0, 0.1) is 5.82 Å². The van der Waals surface area contributed by atoms with E-state index >= 15 is 0 Å². The smallest absolute Gasteiger partial charge is 0.337 e. The Morgan fingerprint density at radius 2 is 1.95 bits per heavy atom. The molecule has 0 aliphatic heterocycles. The monoisotopic (exact) mass is 305 g/mol. The Morgan fingerprint density at radius 3 is 2.45 bits per heavy atom. The third kappa shape index (κ3) is 3.75. The number of carboxylic acid groups (broad SMARTS) is 1. The van der Waals surface area contributed by atoms with Crippen molar-refractivity contribution in [3.63, 3.8) is 0 Å². The molecule has 1 aromatic carbocycles. The molecule has 0 spiro atoms. The summed E-state index contributed by atoms with van der Waals surface area (Å²) in [5.74, 6) is -3.26. The summed E-state index contributed by atoms with van der Waals surface area (Å²) in [6.07, 6.45) is 0. The van der Waals surface area contributed by atoms with Crippen molar-refractivity contribution < 1.29 is 32.2 Å². The molecule has 0 saturated carbocycles. The molecule has 110 valence electrons. The van der Waals surface area contributed by atoms with Gasteiger partial charge in [0.15, 0.2) is 0 Å². The number of benzene rings is 1. The third-order valence-corrected chi connectivity index (χ3v) is 3.83. The van der Waals surface area contributed by atoms with Crippen molar-refractivity contribution in [1.82, 2.24) is 4.72 Å². The highest BCUT2D eigenvalue weighted by Crippen LogP contribution is 2.15. The molecule has 0 amide bonds. The van der Waals surface area contributed by atoms with Crippen LogP contribution >= 0.6 is 0 Å². The molecule has 2 N–H and O–H groups in total. The Bertz CT molecular complexity index is 642. The van der Waals surface area contributed by atoms with Crippen LogP contribution < -0.4 is 4.72 Å². The van der Waals surface area contributed by atoms with Gasteiger partial charge >= 0.3 is 11.9 Å². The molecule has 0 bridgehead atoms. The van der Waals surface area contributed by atoms with Crippen LogP contribution in [0.25, 0.3) is 0 Å². The van der Waals surface area contributed by atoms with Gasteiger partial charge in [-0.15, -0.1) is 0 Å². The van der Waals surface area contributed by atoms with Crippen LogP contribution in [0.3, 0.4) is 0 Å². The number of hydrogen-bond acceptors (Lipinski definition) is 5. The molecule has 0 saturated heterocycles. The quantitative estimate of drug-likeness (QED) is 0.760. The summed E-state index contributed by atoms with van der Waals surface area (Å²) in [5, 5.41) is 8.65. The van der Waals surface area contributed by atoms with Crippen molar-refractivity contribution >= 4 is 22.0 Å². The van der Waals surface area contributed by atoms with Crippen LogP contribution in [0.5, 0.6) is 0 Å². The summed E-state index contributed by atoms with van der Waals surface area (Å²) < 4.78 is 43.3. The molecular weight excluding hydrogens is 293 g/mol. The zero-order valence-electron chi connectivity index (χ0n) is 10.6. The number of carboxylic acids is 1. The summed E-state index contributed by atoms with van der Waals surface area (Å²) >= 11 is 0. The Labute approximate surface area is 114 Å². The lowest BCUT2D eigenvalue weighted by atomic mass is 10.2. The molecule has 0 aliphatic rings. The Morgan fingerprint density at radius 1 is 1.35 bits per heavy atom. The molecule has 1 atom stereocenters. The van der Waals surface area contributed by atoms with Crippen molar-refractivity contribution in [3.8, 4) is 0 Å². The summed E-state index contributed by atoms with van der Waals surface area (Å²) in [4.78, 5) is 21.3. The number of rotatable bonds is 5. The summed E-state index contributed by atoms with van der Waals surface area (Å²) in [6.45, 7) is 1.11. The van der Waals surface area contributed by atoms with Crippen molar-refractivity contribution in [1.29, 1.82) is 0 Å². The van der Waals surface area contributed by atoms with Crippen molar-refractivity contribution in [2.75, 3.05) is 7.11 Å². The van der Waals surface area contributed by atoms with E-state index in [2.05, 4.69) is 4.74 Å². The fraction of sp³-hybridized carbons (Fsp3) is 0.273. The highest BCUT2D eigenvalue weighted by atomic mass is 32.2. The average molecular weight is 305 g/mol. The van der Waals surface area contributed by atoms with Crippen molar-refractivity contribution in [2.45, 2.75) is 17.9 Å². The number of methoxy groups -OCH3 is 1. The standard InChI is InChI=1S/C11H12FNO6S/c1-6(10(14)15)13-20(17,18)9-4-7(11(16)19-2)3-8(12)5-9/h3-6,13H,1-2H3,(H,14,15)/t6-/m0/s1. The molecule has 7 nitrogen and oxygen atoms in total. The second-order valence-electron chi connectivity index (χ2n) is 3.85.